The molecule has 0 saturated carbocycles. The molecule has 0 radical (unpaired) electrons. The van der Waals surface area contributed by atoms with Crippen LogP contribution in [0, 0.1) is 0 Å². The average molecular weight is 356 g/mol. The Morgan fingerprint density at radius 2 is 1.69 bits per heavy atom. The minimum Gasteiger partial charge on any atom is -0.383 e. The molecule has 0 spiro atoms. The van der Waals surface area contributed by atoms with Crippen LogP contribution in [0.3, 0.4) is 0 Å². The Hall–Kier alpha value is -2.15. The lowest BCUT2D eigenvalue weighted by atomic mass is 9.97. The van der Waals surface area contributed by atoms with Crippen LogP contribution in [-0.2, 0) is 11.3 Å². The highest BCUT2D eigenvalue weighted by molar-refractivity contribution is 5.63. The maximum absolute atomic E-state index is 5.24. The molecule has 1 atom stereocenters. The maximum atomic E-state index is 5.24. The second-order valence-corrected chi connectivity index (χ2v) is 7.15. The molecule has 26 heavy (non-hydrogen) atoms. The number of hydrogen-bond acceptors (Lipinski definition) is 6. The summed E-state index contributed by atoms with van der Waals surface area (Å²) in [6.07, 6.45) is 12.4. The number of nitrogens with zero attached hydrogens (tertiary/aromatic N) is 6. The average Bonchev–Trinajstić information content (AvgIpc) is 3.38. The van der Waals surface area contributed by atoms with Gasteiger partial charge in [-0.1, -0.05) is 0 Å². The first-order valence-corrected chi connectivity index (χ1v) is 9.67. The summed E-state index contributed by atoms with van der Waals surface area (Å²) in [5.74, 6) is 3.67. The zero-order valence-corrected chi connectivity index (χ0v) is 15.5. The van der Waals surface area contributed by atoms with E-state index in [0.717, 1.165) is 50.8 Å². The number of rotatable bonds is 6. The smallest absolute Gasteiger partial charge is 0.172 e. The zero-order valence-electron chi connectivity index (χ0n) is 15.5. The Labute approximate surface area is 155 Å². The first-order valence-electron chi connectivity index (χ1n) is 9.67. The summed E-state index contributed by atoms with van der Waals surface area (Å²) in [5, 5.41) is 0. The van der Waals surface area contributed by atoms with E-state index < -0.39 is 0 Å². The minimum atomic E-state index is 0.420. The largest absolute Gasteiger partial charge is 0.383 e. The lowest BCUT2D eigenvalue weighted by molar-refractivity contribution is 0.185. The molecule has 2 aromatic rings. The van der Waals surface area contributed by atoms with Crippen LogP contribution in [0.2, 0.25) is 0 Å². The predicted octanol–water partition coefficient (Wildman–Crippen LogP) is 2.30. The van der Waals surface area contributed by atoms with Gasteiger partial charge in [0.25, 0.3) is 0 Å². The van der Waals surface area contributed by atoms with E-state index in [0.29, 0.717) is 12.5 Å². The second-order valence-electron chi connectivity index (χ2n) is 7.15. The maximum Gasteiger partial charge on any atom is 0.172 e. The number of ether oxygens (including phenoxy) is 1. The van der Waals surface area contributed by atoms with Gasteiger partial charge in [0, 0.05) is 70.5 Å². The molecule has 4 heterocycles. The van der Waals surface area contributed by atoms with Gasteiger partial charge in [-0.3, -0.25) is 0 Å². The van der Waals surface area contributed by atoms with E-state index in [1.165, 1.54) is 25.1 Å². The van der Waals surface area contributed by atoms with Crippen molar-refractivity contribution in [3.05, 3.63) is 30.6 Å². The Bertz CT molecular complexity index is 712. The van der Waals surface area contributed by atoms with Gasteiger partial charge in [0.2, 0.25) is 0 Å². The van der Waals surface area contributed by atoms with Crippen molar-refractivity contribution in [1.29, 1.82) is 0 Å². The summed E-state index contributed by atoms with van der Waals surface area (Å²) in [4.78, 5) is 18.8. The van der Waals surface area contributed by atoms with Crippen molar-refractivity contribution in [3.8, 4) is 0 Å². The molecule has 0 aliphatic carbocycles. The van der Waals surface area contributed by atoms with Gasteiger partial charge >= 0.3 is 0 Å². The van der Waals surface area contributed by atoms with Crippen molar-refractivity contribution in [2.45, 2.75) is 38.1 Å². The van der Waals surface area contributed by atoms with E-state index in [1.54, 1.807) is 7.11 Å². The van der Waals surface area contributed by atoms with Gasteiger partial charge in [0.05, 0.1) is 6.61 Å². The highest BCUT2D eigenvalue weighted by atomic mass is 16.5. The van der Waals surface area contributed by atoms with Crippen LogP contribution in [0.25, 0.3) is 0 Å². The molecule has 140 valence electrons. The zero-order chi connectivity index (χ0) is 17.8. The van der Waals surface area contributed by atoms with Gasteiger partial charge in [0.1, 0.15) is 5.82 Å². The molecular formula is C19H28N6O. The second kappa shape index (κ2) is 8.03. The van der Waals surface area contributed by atoms with Crippen LogP contribution in [-0.4, -0.2) is 59.4 Å². The fourth-order valence-electron chi connectivity index (χ4n) is 4.14. The molecule has 0 N–H and O–H groups in total. The molecule has 0 unspecified atom stereocenters. The number of piperidine rings is 1. The van der Waals surface area contributed by atoms with Crippen LogP contribution in [0.15, 0.2) is 24.8 Å². The Morgan fingerprint density at radius 3 is 2.46 bits per heavy atom. The monoisotopic (exact) mass is 356 g/mol. The van der Waals surface area contributed by atoms with Crippen molar-refractivity contribution in [2.24, 2.45) is 0 Å². The lowest BCUT2D eigenvalue weighted by Gasteiger charge is -2.35. The normalized spacial score (nSPS) is 20.7. The number of aromatic nitrogens is 4. The van der Waals surface area contributed by atoms with E-state index in [1.807, 2.05) is 18.6 Å². The fourth-order valence-corrected chi connectivity index (χ4v) is 4.14. The van der Waals surface area contributed by atoms with Crippen LogP contribution in [0.4, 0.5) is 11.6 Å². The van der Waals surface area contributed by atoms with Gasteiger partial charge in [-0.05, 0) is 25.7 Å². The fraction of sp³-hybridized carbons (Fsp3) is 0.632. The molecule has 2 aromatic heterocycles. The van der Waals surface area contributed by atoms with E-state index in [9.17, 15) is 0 Å². The minimum absolute atomic E-state index is 0.420. The first kappa shape index (κ1) is 17.3. The van der Waals surface area contributed by atoms with E-state index in [4.69, 9.17) is 9.72 Å². The molecule has 0 bridgehead atoms. The Morgan fingerprint density at radius 1 is 0.962 bits per heavy atom. The van der Waals surface area contributed by atoms with Crippen molar-refractivity contribution >= 4 is 11.6 Å². The van der Waals surface area contributed by atoms with Gasteiger partial charge in [-0.15, -0.1) is 0 Å². The summed E-state index contributed by atoms with van der Waals surface area (Å²) in [7, 11) is 1.74. The number of imidazole rings is 1. The number of anilines is 2. The molecule has 0 amide bonds. The number of methoxy groups -OCH3 is 1. The Kier molecular flexibility index (Phi) is 5.34. The van der Waals surface area contributed by atoms with Crippen molar-refractivity contribution in [3.63, 3.8) is 0 Å². The first-order chi connectivity index (χ1) is 12.9. The van der Waals surface area contributed by atoms with Crippen LogP contribution in [0.5, 0.6) is 0 Å². The third-order valence-electron chi connectivity index (χ3n) is 5.44. The van der Waals surface area contributed by atoms with Crippen molar-refractivity contribution in [1.82, 2.24) is 19.5 Å². The standard InChI is InChI=1S/C19H28N6O/c1-26-14-13-24-12-8-22-17(24)16-5-4-11-25(15-16)19-18(20-6-7-21-19)23-9-2-3-10-23/h6-8,12,16H,2-5,9-11,13-15H2,1H3/t16-/m0/s1. The molecule has 0 aromatic carbocycles. The van der Waals surface area contributed by atoms with Gasteiger partial charge < -0.3 is 19.1 Å². The molecule has 7 nitrogen and oxygen atoms in total. The molecule has 2 aliphatic rings. The van der Waals surface area contributed by atoms with Crippen LogP contribution >= 0.6 is 0 Å². The summed E-state index contributed by atoms with van der Waals surface area (Å²) in [6, 6.07) is 0. The van der Waals surface area contributed by atoms with Crippen LogP contribution in [0.1, 0.15) is 37.4 Å². The predicted molar refractivity (Wildman–Crippen MR) is 102 cm³/mol. The molecule has 2 fully saturated rings. The number of hydrogen-bond donors (Lipinski definition) is 0. The molecule has 4 rings (SSSR count). The molecule has 2 aliphatic heterocycles. The molecule has 2 saturated heterocycles. The van der Waals surface area contributed by atoms with Crippen LogP contribution < -0.4 is 9.80 Å². The third-order valence-corrected chi connectivity index (χ3v) is 5.44. The van der Waals surface area contributed by atoms with Gasteiger partial charge in [-0.25, -0.2) is 15.0 Å². The SMILES string of the molecule is COCCn1ccnc1[C@H]1CCCN(c2nccnc2N2CCCC2)C1. The van der Waals surface area contributed by atoms with Gasteiger partial charge in [0.15, 0.2) is 11.6 Å². The molecular weight excluding hydrogens is 328 g/mol. The topological polar surface area (TPSA) is 59.3 Å². The van der Waals surface area contributed by atoms with E-state index in [-0.39, 0.29) is 0 Å². The van der Waals surface area contributed by atoms with E-state index in [2.05, 4.69) is 30.5 Å². The highest BCUT2D eigenvalue weighted by Gasteiger charge is 2.28. The van der Waals surface area contributed by atoms with Crippen molar-refractivity contribution in [2.75, 3.05) is 49.7 Å². The third kappa shape index (κ3) is 3.53. The summed E-state index contributed by atoms with van der Waals surface area (Å²) >= 11 is 0. The highest BCUT2D eigenvalue weighted by Crippen LogP contribution is 2.33. The lowest BCUT2D eigenvalue weighted by Crippen LogP contribution is -2.37. The van der Waals surface area contributed by atoms with Gasteiger partial charge in [-0.2, -0.15) is 0 Å². The summed E-state index contributed by atoms with van der Waals surface area (Å²) < 4.78 is 7.47. The quantitative estimate of drug-likeness (QED) is 0.792. The molecule has 7 heteroatoms. The summed E-state index contributed by atoms with van der Waals surface area (Å²) in [6.45, 7) is 5.72. The summed E-state index contributed by atoms with van der Waals surface area (Å²) in [5.41, 5.74) is 0. The van der Waals surface area contributed by atoms with Crippen molar-refractivity contribution < 1.29 is 4.74 Å². The van der Waals surface area contributed by atoms with E-state index >= 15 is 0 Å². The Balaban J connectivity index is 1.54.